The predicted molar refractivity (Wildman–Crippen MR) is 106 cm³/mol. The molecule has 6 heteroatoms. The molecule has 0 bridgehead atoms. The summed E-state index contributed by atoms with van der Waals surface area (Å²) in [4.78, 5) is 38.8. The second-order valence-electron chi connectivity index (χ2n) is 5.87. The first kappa shape index (κ1) is 18.5. The molecular formula is C21H17NO4S. The summed E-state index contributed by atoms with van der Waals surface area (Å²) in [7, 11) is 1.32. The Bertz CT molecular complexity index is 1170. The number of methoxy groups -OCH3 is 1. The lowest BCUT2D eigenvalue weighted by Gasteiger charge is -1.99. The maximum atomic E-state index is 12.4. The molecule has 27 heavy (non-hydrogen) atoms. The molecule has 0 radical (unpaired) electrons. The number of hydrogen-bond donors (Lipinski definition) is 1. The summed E-state index contributed by atoms with van der Waals surface area (Å²) >= 11 is 1.21. The molecule has 3 aromatic rings. The van der Waals surface area contributed by atoms with Crippen molar-refractivity contribution in [3.05, 3.63) is 90.3 Å². The minimum atomic E-state index is -0.415. The van der Waals surface area contributed by atoms with Gasteiger partial charge in [0, 0.05) is 11.6 Å². The summed E-state index contributed by atoms with van der Waals surface area (Å²) in [5.74, 6) is -0.568. The molecule has 5 nitrogen and oxygen atoms in total. The molecule has 0 aliphatic rings. The molecule has 136 valence electrons. The van der Waals surface area contributed by atoms with E-state index in [2.05, 4.69) is 9.72 Å². The van der Waals surface area contributed by atoms with Crippen molar-refractivity contribution in [2.24, 2.45) is 0 Å². The van der Waals surface area contributed by atoms with Crippen LogP contribution in [0.1, 0.15) is 31.8 Å². The molecule has 2 aromatic carbocycles. The number of aromatic nitrogens is 1. The van der Waals surface area contributed by atoms with Gasteiger partial charge in [-0.15, -0.1) is 11.3 Å². The molecule has 0 saturated carbocycles. The van der Waals surface area contributed by atoms with Gasteiger partial charge in [0.2, 0.25) is 0 Å². The van der Waals surface area contributed by atoms with Crippen LogP contribution < -0.4 is 14.8 Å². The van der Waals surface area contributed by atoms with Crippen molar-refractivity contribution in [1.82, 2.24) is 4.98 Å². The van der Waals surface area contributed by atoms with Crippen LogP contribution in [0.2, 0.25) is 0 Å². The fourth-order valence-electron chi connectivity index (χ4n) is 2.56. The van der Waals surface area contributed by atoms with Gasteiger partial charge in [-0.2, -0.15) is 0 Å². The van der Waals surface area contributed by atoms with Gasteiger partial charge in [0.15, 0.2) is 5.78 Å². The van der Waals surface area contributed by atoms with Gasteiger partial charge >= 0.3 is 5.97 Å². The quantitative estimate of drug-likeness (QED) is 0.556. The van der Waals surface area contributed by atoms with Crippen LogP contribution in [-0.2, 0) is 4.74 Å². The monoisotopic (exact) mass is 379 g/mol. The minimum absolute atomic E-state index is 0.153. The van der Waals surface area contributed by atoms with E-state index in [1.54, 1.807) is 36.4 Å². The molecule has 3 rings (SSSR count). The van der Waals surface area contributed by atoms with E-state index in [1.807, 2.05) is 25.1 Å². The number of H-pyrrole nitrogens is 1. The first-order chi connectivity index (χ1) is 13.0. The highest BCUT2D eigenvalue weighted by Crippen LogP contribution is 2.08. The topological polar surface area (TPSA) is 76.2 Å². The summed E-state index contributed by atoms with van der Waals surface area (Å²) in [6.07, 6.45) is 3.15. The molecule has 1 aromatic heterocycles. The van der Waals surface area contributed by atoms with Crippen molar-refractivity contribution in [3.8, 4) is 0 Å². The Morgan fingerprint density at radius 3 is 2.44 bits per heavy atom. The molecule has 0 unspecified atom stereocenters. The summed E-state index contributed by atoms with van der Waals surface area (Å²) in [6, 6.07) is 14.0. The van der Waals surface area contributed by atoms with E-state index < -0.39 is 5.97 Å². The van der Waals surface area contributed by atoms with Crippen molar-refractivity contribution < 1.29 is 14.3 Å². The Balaban J connectivity index is 1.93. The van der Waals surface area contributed by atoms with Gasteiger partial charge in [0.1, 0.15) is 0 Å². The fourth-order valence-corrected chi connectivity index (χ4v) is 3.44. The number of ether oxygens (including phenoxy) is 1. The zero-order valence-corrected chi connectivity index (χ0v) is 15.6. The van der Waals surface area contributed by atoms with Gasteiger partial charge in [-0.05, 0) is 36.3 Å². The standard InChI is InChI=1S/C21H17NO4S/c1-13-5-3-4-6-16(13)17(23)12-19-22-20(24)18(27-19)11-14-7-9-15(10-8-14)21(25)26-2/h3-12H,1-2H3,(H,22,24)/b18-11-,19-12-. The first-order valence-electron chi connectivity index (χ1n) is 8.19. The molecule has 0 aliphatic carbocycles. The van der Waals surface area contributed by atoms with Gasteiger partial charge in [0.25, 0.3) is 5.56 Å². The lowest BCUT2D eigenvalue weighted by molar-refractivity contribution is 0.0600. The van der Waals surface area contributed by atoms with Crippen LogP contribution >= 0.6 is 11.3 Å². The summed E-state index contributed by atoms with van der Waals surface area (Å²) in [5.41, 5.74) is 2.44. The molecule has 0 amide bonds. The van der Waals surface area contributed by atoms with E-state index >= 15 is 0 Å². The van der Waals surface area contributed by atoms with E-state index in [-0.39, 0.29) is 11.3 Å². The molecule has 0 fully saturated rings. The number of nitrogens with one attached hydrogen (secondary N) is 1. The second-order valence-corrected chi connectivity index (χ2v) is 6.95. The lowest BCUT2D eigenvalue weighted by atomic mass is 10.1. The normalized spacial score (nSPS) is 12.2. The van der Waals surface area contributed by atoms with Crippen molar-refractivity contribution in [2.45, 2.75) is 6.92 Å². The van der Waals surface area contributed by atoms with E-state index in [4.69, 9.17) is 0 Å². The fraction of sp³-hybridized carbons (Fsp3) is 0.0952. The van der Waals surface area contributed by atoms with Crippen molar-refractivity contribution in [3.63, 3.8) is 0 Å². The van der Waals surface area contributed by atoms with E-state index in [0.717, 1.165) is 11.1 Å². The maximum Gasteiger partial charge on any atom is 0.337 e. The third-order valence-electron chi connectivity index (χ3n) is 3.98. The molecule has 0 aliphatic heterocycles. The van der Waals surface area contributed by atoms with Crippen LogP contribution in [0.4, 0.5) is 0 Å². The number of rotatable bonds is 4. The number of esters is 1. The van der Waals surface area contributed by atoms with Crippen molar-refractivity contribution >= 4 is 35.2 Å². The van der Waals surface area contributed by atoms with Crippen LogP contribution in [0.25, 0.3) is 12.2 Å². The van der Waals surface area contributed by atoms with Crippen LogP contribution in [-0.4, -0.2) is 23.8 Å². The molecule has 1 heterocycles. The number of thiazole rings is 1. The molecule has 0 saturated heterocycles. The lowest BCUT2D eigenvalue weighted by Crippen LogP contribution is -2.20. The molecular weight excluding hydrogens is 362 g/mol. The predicted octanol–water partition coefficient (Wildman–Crippen LogP) is 2.02. The van der Waals surface area contributed by atoms with Gasteiger partial charge in [-0.3, -0.25) is 9.59 Å². The second kappa shape index (κ2) is 7.97. The van der Waals surface area contributed by atoms with Gasteiger partial charge < -0.3 is 9.72 Å². The molecule has 0 atom stereocenters. The van der Waals surface area contributed by atoms with E-state index in [9.17, 15) is 14.4 Å². The number of Topliss-reactive ketones (excluding diaryl/α,β-unsaturated/α-hetero) is 1. The Morgan fingerprint density at radius 1 is 1.07 bits per heavy atom. The molecule has 1 N–H and O–H groups in total. The van der Waals surface area contributed by atoms with Gasteiger partial charge in [-0.25, -0.2) is 4.79 Å². The zero-order valence-electron chi connectivity index (χ0n) is 14.8. The van der Waals surface area contributed by atoms with Gasteiger partial charge in [-0.1, -0.05) is 36.4 Å². The highest BCUT2D eigenvalue weighted by molar-refractivity contribution is 7.07. The van der Waals surface area contributed by atoms with Crippen molar-refractivity contribution in [2.75, 3.05) is 7.11 Å². The molecule has 0 spiro atoms. The number of aryl methyl sites for hydroxylation is 1. The summed E-state index contributed by atoms with van der Waals surface area (Å²) < 4.78 is 5.63. The highest BCUT2D eigenvalue weighted by Gasteiger charge is 2.06. The summed E-state index contributed by atoms with van der Waals surface area (Å²) in [6.45, 7) is 1.87. The first-order valence-corrected chi connectivity index (χ1v) is 9.00. The van der Waals surface area contributed by atoms with Gasteiger partial charge in [0.05, 0.1) is 21.9 Å². The third kappa shape index (κ3) is 4.30. The van der Waals surface area contributed by atoms with Crippen LogP contribution in [0, 0.1) is 6.92 Å². The van der Waals surface area contributed by atoms with Crippen molar-refractivity contribution in [1.29, 1.82) is 0 Å². The Kier molecular flexibility index (Phi) is 5.47. The highest BCUT2D eigenvalue weighted by atomic mass is 32.1. The average molecular weight is 379 g/mol. The van der Waals surface area contributed by atoms with Crippen LogP contribution in [0.5, 0.6) is 0 Å². The maximum absolute atomic E-state index is 12.4. The number of ketones is 1. The average Bonchev–Trinajstić information content (AvgIpc) is 3.00. The van der Waals surface area contributed by atoms with Crippen LogP contribution in [0.3, 0.4) is 0 Å². The largest absolute Gasteiger partial charge is 0.465 e. The van der Waals surface area contributed by atoms with E-state index in [0.29, 0.717) is 20.3 Å². The number of carbonyl (C=O) groups is 2. The smallest absolute Gasteiger partial charge is 0.337 e. The zero-order chi connectivity index (χ0) is 19.4. The summed E-state index contributed by atoms with van der Waals surface area (Å²) in [5, 5.41) is 0. The SMILES string of the molecule is COC(=O)c1ccc(/C=c2\s/c(=C\C(=O)c3ccccc3C)[nH]c2=O)cc1. The van der Waals surface area contributed by atoms with Crippen LogP contribution in [0.15, 0.2) is 53.3 Å². The minimum Gasteiger partial charge on any atom is -0.465 e. The van der Waals surface area contributed by atoms with E-state index in [1.165, 1.54) is 24.5 Å². The Labute approximate surface area is 159 Å². The third-order valence-corrected chi connectivity index (χ3v) is 4.95. The Morgan fingerprint density at radius 2 is 1.78 bits per heavy atom. The Hall–Kier alpha value is -3.25. The number of hydrogen-bond acceptors (Lipinski definition) is 5. The number of aromatic amines is 1. The number of carbonyl (C=O) groups excluding carboxylic acids is 2. The number of benzene rings is 2.